The number of hydrogen-bond donors (Lipinski definition) is 1. The van der Waals surface area contributed by atoms with Gasteiger partial charge in [-0.2, -0.15) is 0 Å². The van der Waals surface area contributed by atoms with Crippen molar-refractivity contribution >= 4 is 27.3 Å². The highest BCUT2D eigenvalue weighted by molar-refractivity contribution is 7.95. The predicted octanol–water partition coefficient (Wildman–Crippen LogP) is 3.34. The monoisotopic (exact) mass is 418 g/mol. The summed E-state index contributed by atoms with van der Waals surface area (Å²) in [6, 6.07) is 12.0. The first kappa shape index (κ1) is 21.0. The molecule has 1 fully saturated rings. The fourth-order valence-corrected chi connectivity index (χ4v) is 5.40. The zero-order valence-corrected chi connectivity index (χ0v) is 17.9. The second-order valence-corrected chi connectivity index (χ2v) is 9.54. The first-order valence-corrected chi connectivity index (χ1v) is 10.8. The zero-order valence-electron chi connectivity index (χ0n) is 17.1. The van der Waals surface area contributed by atoms with E-state index in [1.165, 1.54) is 11.2 Å². The zero-order chi connectivity index (χ0) is 21.2. The maximum Gasteiger partial charge on any atom is 0.249 e. The fourth-order valence-electron chi connectivity index (χ4n) is 3.46. The number of hydrogen-bond acceptors (Lipinski definition) is 5. The van der Waals surface area contributed by atoms with Crippen LogP contribution in [0.4, 0.5) is 11.4 Å². The lowest BCUT2D eigenvalue weighted by molar-refractivity contribution is -0.118. The second-order valence-electron chi connectivity index (χ2n) is 7.24. The number of amides is 1. The van der Waals surface area contributed by atoms with Crippen LogP contribution in [-0.4, -0.2) is 39.8 Å². The highest BCUT2D eigenvalue weighted by Crippen LogP contribution is 2.37. The van der Waals surface area contributed by atoms with Crippen LogP contribution in [0.25, 0.3) is 0 Å². The van der Waals surface area contributed by atoms with Gasteiger partial charge in [-0.15, -0.1) is 0 Å². The van der Waals surface area contributed by atoms with Crippen molar-refractivity contribution in [2.45, 2.75) is 31.4 Å². The second kappa shape index (κ2) is 7.94. The largest absolute Gasteiger partial charge is 0.497 e. The molecule has 0 radical (unpaired) electrons. The van der Waals surface area contributed by atoms with Gasteiger partial charge in [-0.3, -0.25) is 9.10 Å². The average molecular weight is 419 g/mol. The Morgan fingerprint density at radius 3 is 2.28 bits per heavy atom. The lowest BCUT2D eigenvalue weighted by Gasteiger charge is -2.39. The van der Waals surface area contributed by atoms with Gasteiger partial charge in [0, 0.05) is 12.2 Å². The summed E-state index contributed by atoms with van der Waals surface area (Å²) in [5.41, 5.74) is 1.88. The lowest BCUT2D eigenvalue weighted by Crippen LogP contribution is -2.57. The van der Waals surface area contributed by atoms with E-state index in [1.807, 2.05) is 6.92 Å². The van der Waals surface area contributed by atoms with E-state index in [-0.39, 0.29) is 6.42 Å². The van der Waals surface area contributed by atoms with Gasteiger partial charge in [0.15, 0.2) is 4.75 Å². The Morgan fingerprint density at radius 1 is 1.07 bits per heavy atom. The SMILES string of the molecule is COc1ccc(N2CCCC(C)(C(=O)Nc3ccc(OC)cc3C)S2(=O)=O)cc1. The normalized spacial score (nSPS) is 20.8. The van der Waals surface area contributed by atoms with E-state index in [4.69, 9.17) is 9.47 Å². The minimum Gasteiger partial charge on any atom is -0.497 e. The maximum atomic E-state index is 13.4. The van der Waals surface area contributed by atoms with E-state index >= 15 is 0 Å². The lowest BCUT2D eigenvalue weighted by atomic mass is 10.0. The molecule has 1 saturated heterocycles. The molecule has 0 aromatic heterocycles. The minimum atomic E-state index is -3.93. The van der Waals surface area contributed by atoms with Crippen molar-refractivity contribution in [3.63, 3.8) is 0 Å². The third kappa shape index (κ3) is 3.76. The number of sulfonamides is 1. The maximum absolute atomic E-state index is 13.4. The molecule has 29 heavy (non-hydrogen) atoms. The van der Waals surface area contributed by atoms with Crippen molar-refractivity contribution in [3.05, 3.63) is 48.0 Å². The van der Waals surface area contributed by atoms with Crippen LogP contribution in [0.2, 0.25) is 0 Å². The number of nitrogens with one attached hydrogen (secondary N) is 1. The van der Waals surface area contributed by atoms with Gasteiger partial charge in [0.2, 0.25) is 15.9 Å². The highest BCUT2D eigenvalue weighted by Gasteiger charge is 2.52. The molecule has 2 aromatic carbocycles. The number of nitrogens with zero attached hydrogens (tertiary/aromatic N) is 1. The van der Waals surface area contributed by atoms with Gasteiger partial charge in [0.05, 0.1) is 19.9 Å². The summed E-state index contributed by atoms with van der Waals surface area (Å²) < 4.78 is 36.9. The summed E-state index contributed by atoms with van der Waals surface area (Å²) in [6.45, 7) is 3.66. The molecule has 0 bridgehead atoms. The molecule has 1 aliphatic rings. The molecule has 8 heteroatoms. The number of ether oxygens (including phenoxy) is 2. The van der Waals surface area contributed by atoms with Crippen LogP contribution in [0.5, 0.6) is 11.5 Å². The first-order chi connectivity index (χ1) is 13.7. The fraction of sp³-hybridized carbons (Fsp3) is 0.381. The molecule has 1 unspecified atom stereocenters. The molecule has 7 nitrogen and oxygen atoms in total. The Balaban J connectivity index is 1.89. The van der Waals surface area contributed by atoms with Gasteiger partial charge >= 0.3 is 0 Å². The Labute approximate surface area is 171 Å². The smallest absolute Gasteiger partial charge is 0.249 e. The first-order valence-electron chi connectivity index (χ1n) is 9.35. The summed E-state index contributed by atoms with van der Waals surface area (Å²) in [5, 5.41) is 2.80. The summed E-state index contributed by atoms with van der Waals surface area (Å²) in [6.07, 6.45) is 0.833. The molecule has 1 amide bonds. The average Bonchev–Trinajstić information content (AvgIpc) is 2.71. The van der Waals surface area contributed by atoms with Gasteiger partial charge in [0.1, 0.15) is 11.5 Å². The number of carbonyl (C=O) groups is 1. The molecule has 1 N–H and O–H groups in total. The van der Waals surface area contributed by atoms with Gasteiger partial charge in [0.25, 0.3) is 0 Å². The molecule has 1 heterocycles. The standard InChI is InChI=1S/C21H26N2O5S/c1-15-14-18(28-4)10-11-19(15)22-20(24)21(2)12-5-13-23(29(21,25)26)16-6-8-17(27-3)9-7-16/h6-11,14H,5,12-13H2,1-4H3,(H,22,24). The van der Waals surface area contributed by atoms with Gasteiger partial charge < -0.3 is 14.8 Å². The van der Waals surface area contributed by atoms with Crippen molar-refractivity contribution < 1.29 is 22.7 Å². The Hall–Kier alpha value is -2.74. The predicted molar refractivity (Wildman–Crippen MR) is 113 cm³/mol. The molecule has 0 spiro atoms. The number of benzene rings is 2. The van der Waals surface area contributed by atoms with Crippen molar-refractivity contribution in [1.29, 1.82) is 0 Å². The number of rotatable bonds is 5. The number of anilines is 2. The Morgan fingerprint density at radius 2 is 1.69 bits per heavy atom. The van der Waals surface area contributed by atoms with Gasteiger partial charge in [-0.25, -0.2) is 8.42 Å². The van der Waals surface area contributed by atoms with E-state index in [0.29, 0.717) is 35.8 Å². The quantitative estimate of drug-likeness (QED) is 0.805. The minimum absolute atomic E-state index is 0.253. The van der Waals surface area contributed by atoms with Crippen LogP contribution in [0.15, 0.2) is 42.5 Å². The van der Waals surface area contributed by atoms with E-state index in [0.717, 1.165) is 5.56 Å². The summed E-state index contributed by atoms with van der Waals surface area (Å²) in [7, 11) is -0.809. The molecule has 1 aliphatic heterocycles. The topological polar surface area (TPSA) is 84.9 Å². The highest BCUT2D eigenvalue weighted by atomic mass is 32.2. The summed E-state index contributed by atoms with van der Waals surface area (Å²) >= 11 is 0. The molecule has 2 aromatic rings. The van der Waals surface area contributed by atoms with E-state index in [9.17, 15) is 13.2 Å². The van der Waals surface area contributed by atoms with Crippen molar-refractivity contribution in [2.75, 3.05) is 30.4 Å². The number of carbonyl (C=O) groups excluding carboxylic acids is 1. The van der Waals surface area contributed by atoms with Crippen LogP contribution in [-0.2, 0) is 14.8 Å². The Kier molecular flexibility index (Phi) is 5.75. The summed E-state index contributed by atoms with van der Waals surface area (Å²) in [4.78, 5) is 13.1. The summed E-state index contributed by atoms with van der Waals surface area (Å²) in [5.74, 6) is 0.769. The van der Waals surface area contributed by atoms with Crippen molar-refractivity contribution in [2.24, 2.45) is 0 Å². The molecule has 3 rings (SSSR count). The molecular formula is C21H26N2O5S. The number of methoxy groups -OCH3 is 2. The molecule has 0 saturated carbocycles. The molecular weight excluding hydrogens is 392 g/mol. The molecule has 1 atom stereocenters. The van der Waals surface area contributed by atoms with Crippen molar-refractivity contribution in [3.8, 4) is 11.5 Å². The van der Waals surface area contributed by atoms with Crippen LogP contribution in [0.3, 0.4) is 0 Å². The van der Waals surface area contributed by atoms with Crippen LogP contribution >= 0.6 is 0 Å². The van der Waals surface area contributed by atoms with Crippen LogP contribution in [0, 0.1) is 6.92 Å². The molecule has 0 aliphatic carbocycles. The van der Waals surface area contributed by atoms with Crippen molar-refractivity contribution in [1.82, 2.24) is 0 Å². The molecule has 156 valence electrons. The van der Waals surface area contributed by atoms with Gasteiger partial charge in [-0.05, 0) is 74.7 Å². The van der Waals surface area contributed by atoms with E-state index in [2.05, 4.69) is 5.32 Å². The van der Waals surface area contributed by atoms with Crippen LogP contribution in [0.1, 0.15) is 25.3 Å². The van der Waals surface area contributed by atoms with Crippen LogP contribution < -0.4 is 19.1 Å². The van der Waals surface area contributed by atoms with E-state index in [1.54, 1.807) is 56.7 Å². The number of aryl methyl sites for hydroxylation is 1. The third-order valence-corrected chi connectivity index (χ3v) is 7.90. The van der Waals surface area contributed by atoms with Gasteiger partial charge in [-0.1, -0.05) is 0 Å². The van der Waals surface area contributed by atoms with E-state index < -0.39 is 20.7 Å². The third-order valence-electron chi connectivity index (χ3n) is 5.40. The Bertz CT molecular complexity index is 1000.